The molecule has 9 heteroatoms. The highest BCUT2D eigenvalue weighted by atomic mass is 19.1. The van der Waals surface area contributed by atoms with Gasteiger partial charge >= 0.3 is 12.0 Å². The van der Waals surface area contributed by atoms with Crippen molar-refractivity contribution < 1.29 is 23.4 Å². The number of anilines is 1. The summed E-state index contributed by atoms with van der Waals surface area (Å²) in [4.78, 5) is 26.3. The molecule has 1 atom stereocenters. The van der Waals surface area contributed by atoms with E-state index in [1.807, 2.05) is 81.4 Å². The number of aromatic nitrogens is 3. The van der Waals surface area contributed by atoms with Crippen molar-refractivity contribution in [3.05, 3.63) is 126 Å². The lowest BCUT2D eigenvalue weighted by atomic mass is 9.92. The molecule has 0 radical (unpaired) electrons. The predicted octanol–water partition coefficient (Wildman–Crippen LogP) is 7.95. The zero-order valence-corrected chi connectivity index (χ0v) is 25.7. The summed E-state index contributed by atoms with van der Waals surface area (Å²) in [5.41, 5.74) is 4.30. The summed E-state index contributed by atoms with van der Waals surface area (Å²) < 4.78 is 30.5. The van der Waals surface area contributed by atoms with Crippen molar-refractivity contribution in [3.8, 4) is 28.8 Å². The zero-order chi connectivity index (χ0) is 31.8. The number of pyridine rings is 1. The number of ether oxygens (including phenoxy) is 3. The van der Waals surface area contributed by atoms with Crippen molar-refractivity contribution in [2.45, 2.75) is 45.3 Å². The number of hydrogen-bond acceptors (Lipinski definition) is 8. The summed E-state index contributed by atoms with van der Waals surface area (Å²) >= 11 is 0. The molecule has 1 unspecified atom stereocenters. The summed E-state index contributed by atoms with van der Waals surface area (Å²) in [5.74, 6) is 0.106. The normalized spacial score (nSPS) is 11.8. The number of carbonyl (C=O) groups is 1. The number of benzene rings is 3. The Labute approximate surface area is 262 Å². The topological polar surface area (TPSA) is 95.5 Å². The Morgan fingerprint density at radius 1 is 0.911 bits per heavy atom. The van der Waals surface area contributed by atoms with Gasteiger partial charge in [0.1, 0.15) is 22.9 Å². The molecular formula is C36H35FN4O4. The molecule has 2 aromatic heterocycles. The number of rotatable bonds is 11. The van der Waals surface area contributed by atoms with Crippen LogP contribution in [0.2, 0.25) is 0 Å². The van der Waals surface area contributed by atoms with Crippen LogP contribution in [0.5, 0.6) is 17.5 Å². The molecule has 5 aromatic rings. The Bertz CT molecular complexity index is 1720. The van der Waals surface area contributed by atoms with E-state index >= 15 is 0 Å². The van der Waals surface area contributed by atoms with Gasteiger partial charge in [-0.05, 0) is 86.5 Å². The fraction of sp³-hybridized carbons (Fsp3) is 0.222. The minimum absolute atomic E-state index is 0.0193. The summed E-state index contributed by atoms with van der Waals surface area (Å²) in [6, 6.07) is 27.1. The van der Waals surface area contributed by atoms with Gasteiger partial charge < -0.3 is 19.5 Å². The Balaban J connectivity index is 1.29. The molecule has 0 saturated heterocycles. The molecular weight excluding hydrogens is 571 g/mol. The number of nitrogens with zero attached hydrogens (tertiary/aromatic N) is 3. The van der Waals surface area contributed by atoms with Gasteiger partial charge in [-0.2, -0.15) is 4.98 Å². The standard InChI is InChI=1S/C36H35FN4O4/c1-36(2,3)45-34(42)21-31(25-10-12-27(37)13-11-25)33-18-19-38-35(41-33)44-30-7-5-6-26(20-30)32-17-14-28(23-40-32)39-22-24-8-15-29(43-4)16-9-24/h5-20,23,31,39H,21-22H2,1-4H3. The second-order valence-electron chi connectivity index (χ2n) is 11.4. The fourth-order valence-corrected chi connectivity index (χ4v) is 4.68. The lowest BCUT2D eigenvalue weighted by Crippen LogP contribution is -2.25. The van der Waals surface area contributed by atoms with Gasteiger partial charge in [-0.1, -0.05) is 36.4 Å². The van der Waals surface area contributed by atoms with Crippen LogP contribution in [0.3, 0.4) is 0 Å². The molecule has 3 aromatic carbocycles. The second kappa shape index (κ2) is 14.0. The first-order chi connectivity index (χ1) is 21.6. The molecule has 8 nitrogen and oxygen atoms in total. The van der Waals surface area contributed by atoms with Crippen molar-refractivity contribution in [1.29, 1.82) is 0 Å². The van der Waals surface area contributed by atoms with Gasteiger partial charge in [0.15, 0.2) is 0 Å². The van der Waals surface area contributed by atoms with E-state index in [0.29, 0.717) is 18.0 Å². The molecule has 45 heavy (non-hydrogen) atoms. The van der Waals surface area contributed by atoms with E-state index in [1.54, 1.807) is 37.7 Å². The first-order valence-electron chi connectivity index (χ1n) is 14.6. The number of hydrogen-bond donors (Lipinski definition) is 1. The molecule has 0 aliphatic heterocycles. The summed E-state index contributed by atoms with van der Waals surface area (Å²) in [6.45, 7) is 6.10. The van der Waals surface area contributed by atoms with Gasteiger partial charge in [-0.25, -0.2) is 9.37 Å². The number of nitrogens with one attached hydrogen (secondary N) is 1. The molecule has 0 saturated carbocycles. The van der Waals surface area contributed by atoms with Gasteiger partial charge in [0.05, 0.1) is 36.8 Å². The zero-order valence-electron chi connectivity index (χ0n) is 25.7. The number of esters is 1. The summed E-state index contributed by atoms with van der Waals surface area (Å²) in [7, 11) is 1.65. The third-order valence-electron chi connectivity index (χ3n) is 6.83. The van der Waals surface area contributed by atoms with Crippen molar-refractivity contribution in [2.24, 2.45) is 0 Å². The van der Waals surface area contributed by atoms with Crippen LogP contribution in [-0.4, -0.2) is 33.6 Å². The minimum Gasteiger partial charge on any atom is -0.497 e. The Morgan fingerprint density at radius 3 is 2.38 bits per heavy atom. The first kappa shape index (κ1) is 31.1. The SMILES string of the molecule is COc1ccc(CNc2ccc(-c3cccc(Oc4nccc(C(CC(=O)OC(C)(C)C)c5ccc(F)cc5)n4)c3)nc2)cc1. The highest BCUT2D eigenvalue weighted by Crippen LogP contribution is 2.31. The van der Waals surface area contributed by atoms with Crippen LogP contribution in [0.15, 0.2) is 103 Å². The summed E-state index contributed by atoms with van der Waals surface area (Å²) in [6.07, 6.45) is 3.39. The Hall–Kier alpha value is -5.31. The van der Waals surface area contributed by atoms with Crippen LogP contribution in [0.25, 0.3) is 11.3 Å². The van der Waals surface area contributed by atoms with E-state index < -0.39 is 11.5 Å². The summed E-state index contributed by atoms with van der Waals surface area (Å²) in [5, 5.41) is 3.38. The van der Waals surface area contributed by atoms with Crippen molar-refractivity contribution in [1.82, 2.24) is 15.0 Å². The van der Waals surface area contributed by atoms with Gasteiger partial charge in [-0.3, -0.25) is 9.78 Å². The van der Waals surface area contributed by atoms with Crippen molar-refractivity contribution in [3.63, 3.8) is 0 Å². The average Bonchev–Trinajstić information content (AvgIpc) is 3.03. The average molecular weight is 607 g/mol. The molecule has 0 fully saturated rings. The lowest BCUT2D eigenvalue weighted by molar-refractivity contribution is -0.155. The largest absolute Gasteiger partial charge is 0.497 e. The van der Waals surface area contributed by atoms with Crippen LogP contribution in [-0.2, 0) is 16.1 Å². The molecule has 1 N–H and O–H groups in total. The van der Waals surface area contributed by atoms with E-state index in [1.165, 1.54) is 12.1 Å². The third-order valence-corrected chi connectivity index (χ3v) is 6.83. The quantitative estimate of drug-likeness (QED) is 0.151. The maximum atomic E-state index is 13.7. The smallest absolute Gasteiger partial charge is 0.322 e. The fourth-order valence-electron chi connectivity index (χ4n) is 4.68. The van der Waals surface area contributed by atoms with Crippen LogP contribution >= 0.6 is 0 Å². The van der Waals surface area contributed by atoms with E-state index in [2.05, 4.69) is 20.3 Å². The Kier molecular flexibility index (Phi) is 9.67. The molecule has 5 rings (SSSR count). The highest BCUT2D eigenvalue weighted by molar-refractivity contribution is 5.72. The number of methoxy groups -OCH3 is 1. The van der Waals surface area contributed by atoms with Crippen LogP contribution < -0.4 is 14.8 Å². The van der Waals surface area contributed by atoms with E-state index in [0.717, 1.165) is 33.8 Å². The van der Waals surface area contributed by atoms with E-state index in [9.17, 15) is 9.18 Å². The van der Waals surface area contributed by atoms with Gasteiger partial charge in [-0.15, -0.1) is 0 Å². The van der Waals surface area contributed by atoms with E-state index in [4.69, 9.17) is 14.2 Å². The highest BCUT2D eigenvalue weighted by Gasteiger charge is 2.25. The predicted molar refractivity (Wildman–Crippen MR) is 171 cm³/mol. The van der Waals surface area contributed by atoms with Crippen LogP contribution in [0.1, 0.15) is 49.9 Å². The monoisotopic (exact) mass is 606 g/mol. The van der Waals surface area contributed by atoms with Crippen molar-refractivity contribution in [2.75, 3.05) is 12.4 Å². The lowest BCUT2D eigenvalue weighted by Gasteiger charge is -2.22. The molecule has 230 valence electrons. The van der Waals surface area contributed by atoms with Gasteiger partial charge in [0.25, 0.3) is 0 Å². The molecule has 0 bridgehead atoms. The second-order valence-corrected chi connectivity index (χ2v) is 11.4. The minimum atomic E-state index is -0.641. The van der Waals surface area contributed by atoms with Gasteiger partial charge in [0.2, 0.25) is 0 Å². The maximum absolute atomic E-state index is 13.7. The first-order valence-corrected chi connectivity index (χ1v) is 14.6. The molecule has 0 spiro atoms. The molecule has 0 aliphatic rings. The Morgan fingerprint density at radius 2 is 1.69 bits per heavy atom. The van der Waals surface area contributed by atoms with Gasteiger partial charge in [0, 0.05) is 24.2 Å². The third kappa shape index (κ3) is 8.86. The molecule has 0 aliphatic carbocycles. The number of carbonyl (C=O) groups excluding carboxylic acids is 1. The van der Waals surface area contributed by atoms with E-state index in [-0.39, 0.29) is 24.2 Å². The number of halogens is 1. The molecule has 2 heterocycles. The van der Waals surface area contributed by atoms with Crippen LogP contribution in [0, 0.1) is 5.82 Å². The van der Waals surface area contributed by atoms with Crippen molar-refractivity contribution >= 4 is 11.7 Å². The molecule has 0 amide bonds. The maximum Gasteiger partial charge on any atom is 0.322 e. The van der Waals surface area contributed by atoms with Crippen LogP contribution in [0.4, 0.5) is 10.1 Å².